The van der Waals surface area contributed by atoms with Crippen LogP contribution in [0.5, 0.6) is 0 Å². The number of carbonyl (C=O) groups excluding carboxylic acids is 1. The molecule has 4 heteroatoms. The standard InChI is InChI=1S/C31H19ClO3/c32-23-13-10-22(11-14-23)29(33)26-17-20(16-19-6-2-1-3-7-19)18-27-28(26)30(34)25-15-12-21-8-4-5-9-24(21)31(25)35-27/h1-15,17-18H,16H2. The molecule has 0 saturated carbocycles. The Bertz CT molecular complexity index is 1800. The highest BCUT2D eigenvalue weighted by Crippen LogP contribution is 2.30. The number of halogens is 1. The maximum atomic E-state index is 13.8. The number of ketones is 1. The van der Waals surface area contributed by atoms with Gasteiger partial charge in [-0.25, -0.2) is 0 Å². The van der Waals surface area contributed by atoms with Gasteiger partial charge in [-0.15, -0.1) is 0 Å². The molecule has 35 heavy (non-hydrogen) atoms. The van der Waals surface area contributed by atoms with Gasteiger partial charge in [0.05, 0.1) is 10.8 Å². The van der Waals surface area contributed by atoms with Gasteiger partial charge < -0.3 is 4.42 Å². The lowest BCUT2D eigenvalue weighted by Gasteiger charge is -2.11. The Morgan fingerprint density at radius 1 is 0.743 bits per heavy atom. The van der Waals surface area contributed by atoms with Crippen LogP contribution in [0.2, 0.25) is 5.02 Å². The Balaban J connectivity index is 1.66. The lowest BCUT2D eigenvalue weighted by molar-refractivity contribution is 0.104. The van der Waals surface area contributed by atoms with Crippen molar-refractivity contribution >= 4 is 50.1 Å². The number of rotatable bonds is 4. The van der Waals surface area contributed by atoms with Gasteiger partial charge in [0.25, 0.3) is 0 Å². The summed E-state index contributed by atoms with van der Waals surface area (Å²) in [6.45, 7) is 0. The number of benzene rings is 5. The fraction of sp³-hybridized carbons (Fsp3) is 0.0323. The quantitative estimate of drug-likeness (QED) is 0.150. The normalized spacial score (nSPS) is 11.3. The molecule has 0 aliphatic carbocycles. The van der Waals surface area contributed by atoms with Crippen molar-refractivity contribution in [3.63, 3.8) is 0 Å². The number of fused-ring (bicyclic) bond motifs is 4. The molecular weight excluding hydrogens is 456 g/mol. The molecule has 0 saturated heterocycles. The Morgan fingerprint density at radius 2 is 1.49 bits per heavy atom. The zero-order valence-corrected chi connectivity index (χ0v) is 19.4. The summed E-state index contributed by atoms with van der Waals surface area (Å²) in [5.41, 5.74) is 3.52. The molecule has 6 rings (SSSR count). The van der Waals surface area contributed by atoms with Gasteiger partial charge in [0.15, 0.2) is 5.78 Å². The van der Waals surface area contributed by atoms with E-state index in [4.69, 9.17) is 16.0 Å². The highest BCUT2D eigenvalue weighted by atomic mass is 35.5. The summed E-state index contributed by atoms with van der Waals surface area (Å²) in [4.78, 5) is 27.4. The molecule has 3 nitrogen and oxygen atoms in total. The summed E-state index contributed by atoms with van der Waals surface area (Å²) in [5.74, 6) is -0.242. The van der Waals surface area contributed by atoms with Gasteiger partial charge in [-0.05, 0) is 65.4 Å². The van der Waals surface area contributed by atoms with Crippen LogP contribution in [0, 0.1) is 0 Å². The van der Waals surface area contributed by atoms with E-state index in [1.807, 2.05) is 72.8 Å². The summed E-state index contributed by atoms with van der Waals surface area (Å²) < 4.78 is 6.39. The second kappa shape index (κ2) is 8.53. The topological polar surface area (TPSA) is 47.3 Å². The minimum atomic E-state index is -0.242. The Kier molecular flexibility index (Phi) is 5.20. The van der Waals surface area contributed by atoms with E-state index in [0.717, 1.165) is 21.9 Å². The summed E-state index contributed by atoms with van der Waals surface area (Å²) >= 11 is 6.03. The number of carbonyl (C=O) groups is 1. The number of hydrogen-bond donors (Lipinski definition) is 0. The summed E-state index contributed by atoms with van der Waals surface area (Å²) in [6.07, 6.45) is 0.606. The Hall–Kier alpha value is -4.21. The second-order valence-corrected chi connectivity index (χ2v) is 9.05. The first kappa shape index (κ1) is 21.3. The van der Waals surface area contributed by atoms with Crippen molar-refractivity contribution in [3.05, 3.63) is 141 Å². The molecule has 0 radical (unpaired) electrons. The van der Waals surface area contributed by atoms with E-state index in [1.54, 1.807) is 30.3 Å². The average Bonchev–Trinajstić information content (AvgIpc) is 2.89. The van der Waals surface area contributed by atoms with Crippen LogP contribution in [0.15, 0.2) is 112 Å². The van der Waals surface area contributed by atoms with Crippen molar-refractivity contribution < 1.29 is 9.21 Å². The van der Waals surface area contributed by atoms with Gasteiger partial charge in [-0.3, -0.25) is 9.59 Å². The molecule has 0 fully saturated rings. The predicted molar refractivity (Wildman–Crippen MR) is 142 cm³/mol. The molecule has 1 aromatic heterocycles. The van der Waals surface area contributed by atoms with E-state index in [2.05, 4.69) is 0 Å². The summed E-state index contributed by atoms with van der Waals surface area (Å²) in [5, 5.41) is 3.15. The van der Waals surface area contributed by atoms with Gasteiger partial charge in [0, 0.05) is 21.5 Å². The minimum absolute atomic E-state index is 0.212. The van der Waals surface area contributed by atoms with Crippen LogP contribution in [0.1, 0.15) is 27.0 Å². The van der Waals surface area contributed by atoms with E-state index in [1.165, 1.54) is 0 Å². The van der Waals surface area contributed by atoms with Crippen molar-refractivity contribution in [3.8, 4) is 0 Å². The zero-order chi connectivity index (χ0) is 23.9. The van der Waals surface area contributed by atoms with Crippen LogP contribution >= 0.6 is 11.6 Å². The molecular formula is C31H19ClO3. The van der Waals surface area contributed by atoms with E-state index >= 15 is 0 Å². The first-order valence-electron chi connectivity index (χ1n) is 11.3. The van der Waals surface area contributed by atoms with E-state index in [0.29, 0.717) is 44.5 Å². The second-order valence-electron chi connectivity index (χ2n) is 8.61. The van der Waals surface area contributed by atoms with Crippen LogP contribution in [0.4, 0.5) is 0 Å². The van der Waals surface area contributed by atoms with Gasteiger partial charge in [-0.1, -0.05) is 72.3 Å². The van der Waals surface area contributed by atoms with Gasteiger partial charge in [-0.2, -0.15) is 0 Å². The molecule has 1 heterocycles. The van der Waals surface area contributed by atoms with Crippen LogP contribution in [0.25, 0.3) is 32.7 Å². The number of hydrogen-bond acceptors (Lipinski definition) is 3. The molecule has 0 amide bonds. The fourth-order valence-electron chi connectivity index (χ4n) is 4.63. The van der Waals surface area contributed by atoms with Crippen LogP contribution in [0.3, 0.4) is 0 Å². The molecule has 0 atom stereocenters. The monoisotopic (exact) mass is 474 g/mol. The van der Waals surface area contributed by atoms with Crippen LogP contribution in [-0.2, 0) is 6.42 Å². The van der Waals surface area contributed by atoms with Gasteiger partial charge >= 0.3 is 0 Å². The summed E-state index contributed by atoms with van der Waals surface area (Å²) in [7, 11) is 0. The van der Waals surface area contributed by atoms with Gasteiger partial charge in [0.2, 0.25) is 5.43 Å². The molecule has 0 aliphatic heterocycles. The minimum Gasteiger partial charge on any atom is -0.455 e. The molecule has 0 unspecified atom stereocenters. The Labute approximate surface area is 206 Å². The van der Waals surface area contributed by atoms with Crippen molar-refractivity contribution in [2.75, 3.05) is 0 Å². The van der Waals surface area contributed by atoms with E-state index in [-0.39, 0.29) is 11.2 Å². The third-order valence-electron chi connectivity index (χ3n) is 6.33. The summed E-state index contributed by atoms with van der Waals surface area (Å²) in [6, 6.07) is 31.9. The highest BCUT2D eigenvalue weighted by Gasteiger charge is 2.20. The maximum absolute atomic E-state index is 13.8. The van der Waals surface area contributed by atoms with Crippen LogP contribution < -0.4 is 5.43 Å². The third-order valence-corrected chi connectivity index (χ3v) is 6.58. The molecule has 5 aromatic carbocycles. The molecule has 0 aliphatic rings. The predicted octanol–water partition coefficient (Wildman–Crippen LogP) is 7.57. The highest BCUT2D eigenvalue weighted by molar-refractivity contribution is 6.30. The largest absolute Gasteiger partial charge is 0.455 e. The molecule has 0 N–H and O–H groups in total. The van der Waals surface area contributed by atoms with Gasteiger partial charge in [0.1, 0.15) is 11.2 Å². The Morgan fingerprint density at radius 3 is 2.29 bits per heavy atom. The van der Waals surface area contributed by atoms with Crippen molar-refractivity contribution in [1.82, 2.24) is 0 Å². The van der Waals surface area contributed by atoms with Crippen molar-refractivity contribution in [1.29, 1.82) is 0 Å². The lowest BCUT2D eigenvalue weighted by Crippen LogP contribution is -2.11. The average molecular weight is 475 g/mol. The molecule has 0 spiro atoms. The van der Waals surface area contributed by atoms with E-state index in [9.17, 15) is 9.59 Å². The molecule has 6 aromatic rings. The van der Waals surface area contributed by atoms with E-state index < -0.39 is 0 Å². The van der Waals surface area contributed by atoms with Crippen LogP contribution in [-0.4, -0.2) is 5.78 Å². The third kappa shape index (κ3) is 3.80. The zero-order valence-electron chi connectivity index (χ0n) is 18.6. The SMILES string of the molecule is O=C(c1ccc(Cl)cc1)c1cc(Cc2ccccc2)cc2oc3c(ccc4ccccc43)c(=O)c12. The van der Waals surface area contributed by atoms with Crippen molar-refractivity contribution in [2.45, 2.75) is 6.42 Å². The molecule has 0 bridgehead atoms. The first-order valence-corrected chi connectivity index (χ1v) is 11.7. The maximum Gasteiger partial charge on any atom is 0.201 e. The first-order chi connectivity index (χ1) is 17.1. The molecule has 168 valence electrons. The van der Waals surface area contributed by atoms with Crippen molar-refractivity contribution in [2.24, 2.45) is 0 Å². The smallest absolute Gasteiger partial charge is 0.201 e. The lowest BCUT2D eigenvalue weighted by atomic mass is 9.94. The fourth-order valence-corrected chi connectivity index (χ4v) is 4.76.